The fourth-order valence-electron chi connectivity index (χ4n) is 6.32. The predicted octanol–water partition coefficient (Wildman–Crippen LogP) is 5.22. The van der Waals surface area contributed by atoms with Gasteiger partial charge in [0, 0.05) is 47.7 Å². The first kappa shape index (κ1) is 29.0. The molecular formula is C31H33ClN4O4S2. The Morgan fingerprint density at radius 3 is 2.24 bits per heavy atom. The van der Waals surface area contributed by atoms with Gasteiger partial charge in [0.15, 0.2) is 0 Å². The molecule has 3 atom stereocenters. The SMILES string of the molecule is CCN(CC)c1ccc([C@H]2c3sc(=O)n(CC(=O)N4CCCCC4)c3SC3C(=O)N(c4ccc(Cl)cc4)C(=O)C32)cc1. The number of carbonyl (C=O) groups excluding carboxylic acids is 3. The second-order valence-electron chi connectivity index (χ2n) is 10.9. The number of rotatable bonds is 7. The summed E-state index contributed by atoms with van der Waals surface area (Å²) in [7, 11) is 0. The molecule has 3 amide bonds. The Balaban J connectivity index is 1.43. The van der Waals surface area contributed by atoms with Gasteiger partial charge in [0.2, 0.25) is 17.7 Å². The molecule has 3 aliphatic rings. The van der Waals surface area contributed by atoms with Crippen molar-refractivity contribution in [3.8, 4) is 0 Å². The van der Waals surface area contributed by atoms with E-state index in [1.54, 1.807) is 24.3 Å². The minimum absolute atomic E-state index is 0.0638. The van der Waals surface area contributed by atoms with Crippen LogP contribution in [0.15, 0.2) is 58.4 Å². The van der Waals surface area contributed by atoms with Crippen LogP contribution in [-0.4, -0.2) is 58.6 Å². The van der Waals surface area contributed by atoms with Crippen LogP contribution < -0.4 is 14.7 Å². The van der Waals surface area contributed by atoms with Crippen LogP contribution in [-0.2, 0) is 20.9 Å². The Morgan fingerprint density at radius 1 is 0.929 bits per heavy atom. The number of amides is 3. The van der Waals surface area contributed by atoms with Crippen LogP contribution >= 0.6 is 34.7 Å². The lowest BCUT2D eigenvalue weighted by molar-refractivity contribution is -0.133. The van der Waals surface area contributed by atoms with Crippen LogP contribution in [0, 0.1) is 5.92 Å². The average molecular weight is 625 g/mol. The van der Waals surface area contributed by atoms with Gasteiger partial charge >= 0.3 is 4.87 Å². The van der Waals surface area contributed by atoms with Gasteiger partial charge in [0.1, 0.15) is 11.8 Å². The van der Waals surface area contributed by atoms with Crippen molar-refractivity contribution in [3.63, 3.8) is 0 Å². The first-order valence-electron chi connectivity index (χ1n) is 14.5. The van der Waals surface area contributed by atoms with Gasteiger partial charge in [0.25, 0.3) is 0 Å². The third kappa shape index (κ3) is 5.07. The molecule has 2 aromatic carbocycles. The number of benzene rings is 2. The summed E-state index contributed by atoms with van der Waals surface area (Å²) < 4.78 is 1.53. The molecule has 4 heterocycles. The highest BCUT2D eigenvalue weighted by Gasteiger charge is 2.56. The number of piperidine rings is 1. The van der Waals surface area contributed by atoms with E-state index in [2.05, 4.69) is 18.7 Å². The maximum absolute atomic E-state index is 14.1. The lowest BCUT2D eigenvalue weighted by atomic mass is 9.83. The van der Waals surface area contributed by atoms with Crippen molar-refractivity contribution in [3.05, 3.63) is 73.7 Å². The molecular weight excluding hydrogens is 592 g/mol. The zero-order valence-electron chi connectivity index (χ0n) is 23.6. The highest BCUT2D eigenvalue weighted by molar-refractivity contribution is 8.00. The molecule has 2 saturated heterocycles. The molecule has 11 heteroatoms. The van der Waals surface area contributed by atoms with Crippen LogP contribution in [0.4, 0.5) is 11.4 Å². The summed E-state index contributed by atoms with van der Waals surface area (Å²) >= 11 is 8.42. The van der Waals surface area contributed by atoms with Crippen molar-refractivity contribution in [2.75, 3.05) is 36.0 Å². The predicted molar refractivity (Wildman–Crippen MR) is 168 cm³/mol. The molecule has 2 fully saturated rings. The van der Waals surface area contributed by atoms with E-state index in [1.165, 1.54) is 21.2 Å². The Hall–Kier alpha value is -3.08. The number of hydrogen-bond acceptors (Lipinski definition) is 7. The molecule has 1 aromatic heterocycles. The summed E-state index contributed by atoms with van der Waals surface area (Å²) in [6.45, 7) is 7.27. The number of halogens is 1. The number of anilines is 2. The quantitative estimate of drug-likeness (QED) is 0.336. The smallest absolute Gasteiger partial charge is 0.308 e. The average Bonchev–Trinajstić information content (AvgIpc) is 3.45. The van der Waals surface area contributed by atoms with E-state index in [-0.39, 0.29) is 29.1 Å². The largest absolute Gasteiger partial charge is 0.372 e. The highest BCUT2D eigenvalue weighted by atomic mass is 35.5. The molecule has 0 aliphatic carbocycles. The molecule has 3 aromatic rings. The number of aromatic nitrogens is 1. The lowest BCUT2D eigenvalue weighted by Gasteiger charge is -2.31. The molecule has 0 radical (unpaired) electrons. The van der Waals surface area contributed by atoms with E-state index in [4.69, 9.17) is 11.6 Å². The maximum atomic E-state index is 14.1. The van der Waals surface area contributed by atoms with Crippen molar-refractivity contribution >= 4 is 63.8 Å². The summed E-state index contributed by atoms with van der Waals surface area (Å²) in [4.78, 5) is 60.5. The van der Waals surface area contributed by atoms with Crippen molar-refractivity contribution in [2.24, 2.45) is 5.92 Å². The van der Waals surface area contributed by atoms with Gasteiger partial charge in [-0.1, -0.05) is 46.8 Å². The van der Waals surface area contributed by atoms with Crippen LogP contribution in [0.5, 0.6) is 0 Å². The van der Waals surface area contributed by atoms with E-state index in [1.807, 2.05) is 29.2 Å². The Bertz CT molecular complexity index is 1560. The van der Waals surface area contributed by atoms with E-state index >= 15 is 0 Å². The number of nitrogens with zero attached hydrogens (tertiary/aromatic N) is 4. The molecule has 0 N–H and O–H groups in total. The molecule has 6 rings (SSSR count). The van der Waals surface area contributed by atoms with Crippen molar-refractivity contribution in [1.29, 1.82) is 0 Å². The number of thioether (sulfide) groups is 1. The molecule has 8 nitrogen and oxygen atoms in total. The topological polar surface area (TPSA) is 82.9 Å². The summed E-state index contributed by atoms with van der Waals surface area (Å²) in [6, 6.07) is 14.8. The minimum atomic E-state index is -0.724. The van der Waals surface area contributed by atoms with E-state index < -0.39 is 17.1 Å². The molecule has 0 bridgehead atoms. The molecule has 2 unspecified atom stereocenters. The second-order valence-corrected chi connectivity index (χ2v) is 13.4. The zero-order valence-corrected chi connectivity index (χ0v) is 26.0. The number of thiazole rings is 1. The summed E-state index contributed by atoms with van der Waals surface area (Å²) in [6.07, 6.45) is 3.03. The van der Waals surface area contributed by atoms with E-state index in [0.717, 1.165) is 59.8 Å². The first-order valence-corrected chi connectivity index (χ1v) is 16.6. The van der Waals surface area contributed by atoms with Gasteiger partial charge in [-0.05, 0) is 75.1 Å². The summed E-state index contributed by atoms with van der Waals surface area (Å²) in [5, 5.41) is 0.410. The molecule has 0 saturated carbocycles. The number of carbonyl (C=O) groups is 3. The monoisotopic (exact) mass is 624 g/mol. The van der Waals surface area contributed by atoms with Gasteiger partial charge < -0.3 is 9.80 Å². The standard InChI is InChI=1S/C31H33ClN4O4S2/c1-3-33(4-2)21-12-8-19(9-13-21)24-25-26(29(39)36(28(25)38)22-14-10-20(32)11-15-22)41-30-27(24)42-31(40)35(30)18-23(37)34-16-6-5-7-17-34/h8-15,24-26H,3-7,16-18H2,1-2H3/t24-,25?,26?/m1/s1. The molecule has 0 spiro atoms. The van der Waals surface area contributed by atoms with Crippen LogP contribution in [0.1, 0.15) is 49.5 Å². The van der Waals surface area contributed by atoms with Gasteiger partial charge in [-0.2, -0.15) is 0 Å². The van der Waals surface area contributed by atoms with Crippen LogP contribution in [0.3, 0.4) is 0 Å². The fourth-order valence-corrected chi connectivity index (χ4v) is 9.22. The van der Waals surface area contributed by atoms with Gasteiger partial charge in [-0.15, -0.1) is 0 Å². The second kappa shape index (κ2) is 11.9. The third-order valence-electron chi connectivity index (χ3n) is 8.52. The van der Waals surface area contributed by atoms with Crippen molar-refractivity contribution < 1.29 is 14.4 Å². The molecule has 42 heavy (non-hydrogen) atoms. The van der Waals surface area contributed by atoms with Crippen LogP contribution in [0.2, 0.25) is 5.02 Å². The Kier molecular flexibility index (Phi) is 8.22. The summed E-state index contributed by atoms with van der Waals surface area (Å²) in [5.41, 5.74) is 2.42. The highest BCUT2D eigenvalue weighted by Crippen LogP contribution is 2.54. The molecule has 220 valence electrons. The third-order valence-corrected chi connectivity index (χ3v) is 11.4. The van der Waals surface area contributed by atoms with Gasteiger partial charge in [-0.3, -0.25) is 23.7 Å². The maximum Gasteiger partial charge on any atom is 0.308 e. The van der Waals surface area contributed by atoms with E-state index in [9.17, 15) is 19.2 Å². The number of likely N-dealkylation sites (tertiary alicyclic amines) is 1. The van der Waals surface area contributed by atoms with E-state index in [0.29, 0.717) is 28.8 Å². The normalized spacial score (nSPS) is 21.8. The lowest BCUT2D eigenvalue weighted by Crippen LogP contribution is -2.39. The van der Waals surface area contributed by atoms with Gasteiger partial charge in [-0.25, -0.2) is 4.90 Å². The number of fused-ring (bicyclic) bond motifs is 2. The van der Waals surface area contributed by atoms with Crippen LogP contribution in [0.25, 0.3) is 0 Å². The summed E-state index contributed by atoms with van der Waals surface area (Å²) in [5.74, 6) is -1.87. The first-order chi connectivity index (χ1) is 20.3. The Labute approximate surface area is 258 Å². The number of hydrogen-bond donors (Lipinski definition) is 0. The van der Waals surface area contributed by atoms with Gasteiger partial charge in [0.05, 0.1) is 16.6 Å². The minimum Gasteiger partial charge on any atom is -0.372 e. The fraction of sp³-hybridized carbons (Fsp3) is 0.419. The molecule has 3 aliphatic heterocycles. The van der Waals surface area contributed by atoms with Crippen molar-refractivity contribution in [2.45, 2.75) is 55.8 Å². The number of imide groups is 1. The van der Waals surface area contributed by atoms with Crippen molar-refractivity contribution in [1.82, 2.24) is 9.47 Å². The zero-order chi connectivity index (χ0) is 29.5. The Morgan fingerprint density at radius 2 is 1.60 bits per heavy atom.